The molecule has 0 aliphatic rings. The van der Waals surface area contributed by atoms with Crippen LogP contribution >= 0.6 is 0 Å². The summed E-state index contributed by atoms with van der Waals surface area (Å²) in [4.78, 5) is 12.2. The zero-order chi connectivity index (χ0) is 16.9. The van der Waals surface area contributed by atoms with Crippen LogP contribution in [0.2, 0.25) is 0 Å². The van der Waals surface area contributed by atoms with Crippen LogP contribution in [0.1, 0.15) is 37.3 Å². The number of nitrogens with two attached hydrogens (primary N) is 1. The lowest BCUT2D eigenvalue weighted by Gasteiger charge is -2.13. The minimum Gasteiger partial charge on any atom is -0.459 e. The largest absolute Gasteiger partial charge is 0.459 e. The molecule has 0 bridgehead atoms. The highest BCUT2D eigenvalue weighted by Crippen LogP contribution is 2.23. The van der Waals surface area contributed by atoms with Crippen LogP contribution in [-0.2, 0) is 4.79 Å². The van der Waals surface area contributed by atoms with E-state index in [4.69, 9.17) is 4.42 Å². The van der Waals surface area contributed by atoms with Gasteiger partial charge in [-0.05, 0) is 26.0 Å². The maximum Gasteiger partial charge on any atom is 0.275 e. The summed E-state index contributed by atoms with van der Waals surface area (Å²) < 4.78 is 5.80. The number of para-hydroxylation sites is 1. The normalized spacial score (nSPS) is 13.6. The third kappa shape index (κ3) is 3.84. The minimum atomic E-state index is -0.148. The fourth-order valence-electron chi connectivity index (χ4n) is 2.76. The molecule has 3 N–H and O–H groups in total. The lowest BCUT2D eigenvalue weighted by atomic mass is 10.1. The lowest BCUT2D eigenvalue weighted by Crippen LogP contribution is -2.87. The van der Waals surface area contributed by atoms with Crippen molar-refractivity contribution in [2.45, 2.75) is 25.9 Å². The van der Waals surface area contributed by atoms with Crippen LogP contribution in [-0.4, -0.2) is 12.5 Å². The fourth-order valence-corrected chi connectivity index (χ4v) is 2.76. The van der Waals surface area contributed by atoms with Crippen LogP contribution in [0.4, 0.5) is 0 Å². The number of carbonyl (C=O) groups is 1. The predicted octanol–water partition coefficient (Wildman–Crippen LogP) is 2.93. The molecule has 0 saturated heterocycles. The summed E-state index contributed by atoms with van der Waals surface area (Å²) in [6, 6.07) is 20.1. The Balaban J connectivity index is 1.54. The summed E-state index contributed by atoms with van der Waals surface area (Å²) >= 11 is 0. The second kappa shape index (κ2) is 7.32. The van der Waals surface area contributed by atoms with E-state index < -0.39 is 0 Å². The van der Waals surface area contributed by atoms with Crippen molar-refractivity contribution in [3.8, 4) is 0 Å². The number of quaternary nitrogens is 1. The van der Waals surface area contributed by atoms with Crippen LogP contribution in [0, 0.1) is 0 Å². The van der Waals surface area contributed by atoms with Crippen molar-refractivity contribution in [3.05, 3.63) is 72.0 Å². The van der Waals surface area contributed by atoms with Crippen LogP contribution in [0.3, 0.4) is 0 Å². The van der Waals surface area contributed by atoms with E-state index in [-0.39, 0.29) is 18.0 Å². The van der Waals surface area contributed by atoms with E-state index in [0.29, 0.717) is 6.54 Å². The standard InChI is InChI=1S/C20H22N2O2/c1-14(16-8-4-3-5-9-16)21-13-20(23)22-15(2)19-12-17-10-6-7-11-18(17)24-19/h3-12,14-15,21H,13H2,1-2H3,(H,22,23)/p+1/t14-,15+/m0/s1. The molecule has 0 spiro atoms. The van der Waals surface area contributed by atoms with E-state index in [9.17, 15) is 4.79 Å². The monoisotopic (exact) mass is 323 g/mol. The van der Waals surface area contributed by atoms with Gasteiger partial charge in [-0.1, -0.05) is 48.5 Å². The van der Waals surface area contributed by atoms with Crippen LogP contribution in [0.15, 0.2) is 65.1 Å². The van der Waals surface area contributed by atoms with Crippen LogP contribution in [0.5, 0.6) is 0 Å². The zero-order valence-electron chi connectivity index (χ0n) is 14.0. The molecule has 124 valence electrons. The van der Waals surface area contributed by atoms with Gasteiger partial charge in [0.25, 0.3) is 5.91 Å². The van der Waals surface area contributed by atoms with Gasteiger partial charge in [0.15, 0.2) is 6.54 Å². The van der Waals surface area contributed by atoms with E-state index in [1.54, 1.807) is 0 Å². The average molecular weight is 323 g/mol. The van der Waals surface area contributed by atoms with Gasteiger partial charge in [-0.25, -0.2) is 0 Å². The molecule has 1 heterocycles. The quantitative estimate of drug-likeness (QED) is 0.733. The van der Waals surface area contributed by atoms with E-state index in [1.165, 1.54) is 5.56 Å². The van der Waals surface area contributed by atoms with Gasteiger partial charge in [0.2, 0.25) is 0 Å². The first kappa shape index (κ1) is 16.3. The predicted molar refractivity (Wildman–Crippen MR) is 94.4 cm³/mol. The first-order valence-electron chi connectivity index (χ1n) is 8.29. The number of nitrogens with one attached hydrogen (secondary N) is 1. The highest BCUT2D eigenvalue weighted by atomic mass is 16.3. The SMILES string of the molecule is C[C@H]([NH2+]CC(=O)N[C@H](C)c1cc2ccccc2o1)c1ccccc1. The van der Waals surface area contributed by atoms with Gasteiger partial charge >= 0.3 is 0 Å². The number of fused-ring (bicyclic) bond motifs is 1. The molecule has 0 radical (unpaired) electrons. The van der Waals surface area contributed by atoms with Gasteiger partial charge in [-0.3, -0.25) is 4.79 Å². The van der Waals surface area contributed by atoms with Gasteiger partial charge in [-0.15, -0.1) is 0 Å². The Bertz CT molecular complexity index is 778. The maximum atomic E-state index is 12.2. The molecule has 0 unspecified atom stereocenters. The Morgan fingerprint density at radius 3 is 2.54 bits per heavy atom. The van der Waals surface area contributed by atoms with Crippen molar-refractivity contribution in [3.63, 3.8) is 0 Å². The molecule has 1 aromatic heterocycles. The van der Waals surface area contributed by atoms with E-state index >= 15 is 0 Å². The first-order chi connectivity index (χ1) is 11.6. The Morgan fingerprint density at radius 2 is 1.79 bits per heavy atom. The third-order valence-corrected chi connectivity index (χ3v) is 4.23. The van der Waals surface area contributed by atoms with Crippen molar-refractivity contribution < 1.29 is 14.5 Å². The molecular weight excluding hydrogens is 300 g/mol. The number of carbonyl (C=O) groups excluding carboxylic acids is 1. The summed E-state index contributed by atoms with van der Waals surface area (Å²) in [5, 5.41) is 6.09. The van der Waals surface area contributed by atoms with Gasteiger partial charge in [0.05, 0.1) is 6.04 Å². The maximum absolute atomic E-state index is 12.2. The molecule has 1 amide bonds. The first-order valence-corrected chi connectivity index (χ1v) is 8.29. The number of furan rings is 1. The summed E-state index contributed by atoms with van der Waals surface area (Å²) in [7, 11) is 0. The Labute approximate surface area is 141 Å². The number of hydrogen-bond donors (Lipinski definition) is 2. The zero-order valence-corrected chi connectivity index (χ0v) is 14.0. The van der Waals surface area contributed by atoms with Crippen molar-refractivity contribution in [1.29, 1.82) is 0 Å². The molecular formula is C20H23N2O2+. The summed E-state index contributed by atoms with van der Waals surface area (Å²) in [6.07, 6.45) is 0. The molecule has 0 saturated carbocycles. The minimum absolute atomic E-state index is 0.00531. The second-order valence-electron chi connectivity index (χ2n) is 6.11. The number of benzene rings is 2. The molecule has 3 aromatic rings. The summed E-state index contributed by atoms with van der Waals surface area (Å²) in [6.45, 7) is 4.43. The van der Waals surface area contributed by atoms with Gasteiger partial charge in [0.1, 0.15) is 17.4 Å². The molecule has 0 fully saturated rings. The molecule has 3 rings (SSSR count). The molecule has 0 aliphatic carbocycles. The van der Waals surface area contributed by atoms with Crippen molar-refractivity contribution in [1.82, 2.24) is 5.32 Å². The molecule has 2 aromatic carbocycles. The number of hydrogen-bond acceptors (Lipinski definition) is 2. The summed E-state index contributed by atoms with van der Waals surface area (Å²) in [5.74, 6) is 0.784. The van der Waals surface area contributed by atoms with Gasteiger partial charge < -0.3 is 15.1 Å². The van der Waals surface area contributed by atoms with Crippen molar-refractivity contribution in [2.75, 3.05) is 6.54 Å². The van der Waals surface area contributed by atoms with Crippen molar-refractivity contribution in [2.24, 2.45) is 0 Å². The van der Waals surface area contributed by atoms with Crippen LogP contribution < -0.4 is 10.6 Å². The van der Waals surface area contributed by atoms with Crippen molar-refractivity contribution >= 4 is 16.9 Å². The van der Waals surface area contributed by atoms with Gasteiger partial charge in [0, 0.05) is 10.9 Å². The molecule has 24 heavy (non-hydrogen) atoms. The van der Waals surface area contributed by atoms with E-state index in [1.807, 2.05) is 60.8 Å². The van der Waals surface area contributed by atoms with E-state index in [2.05, 4.69) is 24.4 Å². The fraction of sp³-hybridized carbons (Fsp3) is 0.250. The molecule has 2 atom stereocenters. The number of rotatable bonds is 6. The van der Waals surface area contributed by atoms with E-state index in [0.717, 1.165) is 16.7 Å². The number of amides is 1. The smallest absolute Gasteiger partial charge is 0.275 e. The third-order valence-electron chi connectivity index (χ3n) is 4.23. The average Bonchev–Trinajstić information content (AvgIpc) is 3.05. The molecule has 4 heteroatoms. The highest BCUT2D eigenvalue weighted by molar-refractivity contribution is 5.79. The Kier molecular flexibility index (Phi) is 4.96. The lowest BCUT2D eigenvalue weighted by molar-refractivity contribution is -0.682. The topological polar surface area (TPSA) is 58.9 Å². The Morgan fingerprint density at radius 1 is 1.08 bits per heavy atom. The van der Waals surface area contributed by atoms with Crippen LogP contribution in [0.25, 0.3) is 11.0 Å². The Hall–Kier alpha value is -2.59. The molecule has 0 aliphatic heterocycles. The summed E-state index contributed by atoms with van der Waals surface area (Å²) in [5.41, 5.74) is 2.06. The second-order valence-corrected chi connectivity index (χ2v) is 6.11. The van der Waals surface area contributed by atoms with Gasteiger partial charge in [-0.2, -0.15) is 0 Å². The molecule has 4 nitrogen and oxygen atoms in total. The highest BCUT2D eigenvalue weighted by Gasteiger charge is 2.16.